The Kier molecular flexibility index (Phi) is 5.34. The molecule has 0 amide bonds. The Morgan fingerprint density at radius 3 is 2.68 bits per heavy atom. The third kappa shape index (κ3) is 3.29. The first-order chi connectivity index (χ1) is 13.5. The first-order valence-corrected chi connectivity index (χ1v) is 11.3. The number of carbonyl (C=O) groups is 1. The smallest absolute Gasteiger partial charge is 0.313 e. The Balaban J connectivity index is 1.95. The Morgan fingerprint density at radius 2 is 2.00 bits per heavy atom. The summed E-state index contributed by atoms with van der Waals surface area (Å²) in [5.41, 5.74) is 2.20. The van der Waals surface area contributed by atoms with E-state index in [4.69, 9.17) is 9.47 Å². The summed E-state index contributed by atoms with van der Waals surface area (Å²) in [5.74, 6) is 0.136. The summed E-state index contributed by atoms with van der Waals surface area (Å²) in [4.78, 5) is 13.8. The number of rotatable bonds is 4. The fraction of sp³-hybridized carbons (Fsp3) is 0.318. The van der Waals surface area contributed by atoms with Gasteiger partial charge in [-0.1, -0.05) is 29.8 Å². The quantitative estimate of drug-likeness (QED) is 0.534. The number of methoxy groups -OCH3 is 1. The molecule has 3 aromatic rings. The molecule has 0 saturated heterocycles. The number of hydrogen-bond acceptors (Lipinski definition) is 5. The van der Waals surface area contributed by atoms with Crippen molar-refractivity contribution < 1.29 is 18.7 Å². The van der Waals surface area contributed by atoms with Gasteiger partial charge in [0.25, 0.3) is 0 Å². The molecule has 0 N–H and O–H groups in total. The van der Waals surface area contributed by atoms with Crippen LogP contribution in [0.3, 0.4) is 0 Å². The predicted octanol–water partition coefficient (Wildman–Crippen LogP) is 5.39. The van der Waals surface area contributed by atoms with Crippen LogP contribution in [0.4, 0.5) is 4.39 Å². The van der Waals surface area contributed by atoms with Crippen molar-refractivity contribution in [1.82, 2.24) is 0 Å². The largest absolute Gasteiger partial charge is 0.487 e. The minimum Gasteiger partial charge on any atom is -0.487 e. The summed E-state index contributed by atoms with van der Waals surface area (Å²) < 4.78 is 26.4. The second-order valence-corrected chi connectivity index (χ2v) is 8.98. The van der Waals surface area contributed by atoms with Gasteiger partial charge in [0.05, 0.1) is 12.0 Å². The molecule has 0 bridgehead atoms. The van der Waals surface area contributed by atoms with E-state index in [1.54, 1.807) is 29.2 Å². The van der Waals surface area contributed by atoms with Crippen molar-refractivity contribution >= 4 is 39.2 Å². The molecule has 0 spiro atoms. The number of benzene rings is 2. The van der Waals surface area contributed by atoms with Gasteiger partial charge in [0, 0.05) is 21.8 Å². The lowest BCUT2D eigenvalue weighted by atomic mass is 9.79. The molecule has 1 aromatic heterocycles. The van der Waals surface area contributed by atoms with Crippen LogP contribution in [0.2, 0.25) is 0 Å². The zero-order valence-corrected chi connectivity index (χ0v) is 17.5. The van der Waals surface area contributed by atoms with Gasteiger partial charge >= 0.3 is 5.97 Å². The van der Waals surface area contributed by atoms with Crippen molar-refractivity contribution in [3.63, 3.8) is 0 Å². The molecule has 0 fully saturated rings. The summed E-state index contributed by atoms with van der Waals surface area (Å²) in [6, 6.07) is 13.0. The van der Waals surface area contributed by atoms with E-state index in [0.29, 0.717) is 11.5 Å². The second kappa shape index (κ2) is 7.76. The van der Waals surface area contributed by atoms with Crippen LogP contribution in [0.15, 0.2) is 42.5 Å². The van der Waals surface area contributed by atoms with Gasteiger partial charge in [0.15, 0.2) is 0 Å². The molecule has 0 radical (unpaired) electrons. The average Bonchev–Trinajstić information content (AvgIpc) is 3.05. The average molecular weight is 417 g/mol. The molecule has 0 saturated carbocycles. The SMILES string of the molecule is COC(=O)[C@@H]1[C@@H](c2ccc(C)cc2)c2sc3ccc(F)cc3c2O[C@H]1CSC. The van der Waals surface area contributed by atoms with Crippen molar-refractivity contribution in [1.29, 1.82) is 0 Å². The van der Waals surface area contributed by atoms with Crippen molar-refractivity contribution in [2.45, 2.75) is 18.9 Å². The standard InChI is InChI=1S/C22H21FO3S2/c1-12-4-6-13(7-5-12)18-19(22(24)25-2)16(11-27-3)26-20-15-10-14(23)8-9-17(15)28-21(18)20/h4-10,16,18-19H,11H2,1-3H3/t16-,18+,19-/m0/s1. The van der Waals surface area contributed by atoms with Crippen LogP contribution in [0.1, 0.15) is 21.9 Å². The van der Waals surface area contributed by atoms with Gasteiger partial charge < -0.3 is 9.47 Å². The number of thiophene rings is 1. The van der Waals surface area contributed by atoms with E-state index in [0.717, 1.165) is 26.1 Å². The number of esters is 1. The first-order valence-electron chi connectivity index (χ1n) is 9.05. The summed E-state index contributed by atoms with van der Waals surface area (Å²) in [5, 5.41) is 0.770. The molecular formula is C22H21FO3S2. The lowest BCUT2D eigenvalue weighted by Gasteiger charge is -2.36. The number of thioether (sulfide) groups is 1. The van der Waals surface area contributed by atoms with Crippen molar-refractivity contribution in [2.24, 2.45) is 5.92 Å². The highest BCUT2D eigenvalue weighted by Gasteiger charge is 2.46. The lowest BCUT2D eigenvalue weighted by molar-refractivity contribution is -0.149. The van der Waals surface area contributed by atoms with E-state index in [1.165, 1.54) is 19.2 Å². The van der Waals surface area contributed by atoms with Gasteiger partial charge in [-0.05, 0) is 36.9 Å². The van der Waals surface area contributed by atoms with Crippen LogP contribution in [-0.4, -0.2) is 31.2 Å². The minimum absolute atomic E-state index is 0.186. The van der Waals surface area contributed by atoms with Gasteiger partial charge in [-0.15, -0.1) is 11.3 Å². The molecule has 2 aromatic carbocycles. The molecule has 2 heterocycles. The van der Waals surface area contributed by atoms with Crippen LogP contribution in [0.25, 0.3) is 10.1 Å². The number of aryl methyl sites for hydroxylation is 1. The van der Waals surface area contributed by atoms with E-state index < -0.39 is 5.92 Å². The summed E-state index contributed by atoms with van der Waals surface area (Å²) in [6.45, 7) is 2.04. The van der Waals surface area contributed by atoms with E-state index in [-0.39, 0.29) is 23.8 Å². The molecule has 6 heteroatoms. The fourth-order valence-corrected chi connectivity index (χ4v) is 5.75. The van der Waals surface area contributed by atoms with E-state index >= 15 is 0 Å². The number of halogens is 1. The molecule has 146 valence electrons. The summed E-state index contributed by atoms with van der Waals surface area (Å²) in [7, 11) is 1.42. The number of ether oxygens (including phenoxy) is 2. The Morgan fingerprint density at radius 1 is 1.25 bits per heavy atom. The van der Waals surface area contributed by atoms with E-state index in [9.17, 15) is 9.18 Å². The highest BCUT2D eigenvalue weighted by atomic mass is 32.2. The molecule has 4 rings (SSSR count). The summed E-state index contributed by atoms with van der Waals surface area (Å²) in [6.07, 6.45) is 1.64. The van der Waals surface area contributed by atoms with Crippen LogP contribution < -0.4 is 4.74 Å². The topological polar surface area (TPSA) is 35.5 Å². The minimum atomic E-state index is -0.453. The molecule has 1 aliphatic heterocycles. The Bertz CT molecular complexity index is 1010. The van der Waals surface area contributed by atoms with Crippen molar-refractivity contribution in [2.75, 3.05) is 19.1 Å². The van der Waals surface area contributed by atoms with Gasteiger partial charge in [-0.2, -0.15) is 11.8 Å². The third-order valence-electron chi connectivity index (χ3n) is 5.18. The monoisotopic (exact) mass is 416 g/mol. The molecule has 3 atom stereocenters. The van der Waals surface area contributed by atoms with E-state index in [1.807, 2.05) is 13.2 Å². The van der Waals surface area contributed by atoms with Crippen LogP contribution >= 0.6 is 23.1 Å². The van der Waals surface area contributed by atoms with Gasteiger partial charge in [0.2, 0.25) is 0 Å². The highest BCUT2D eigenvalue weighted by Crippen LogP contribution is 2.52. The normalized spacial score (nSPS) is 21.2. The first kappa shape index (κ1) is 19.3. The lowest BCUT2D eigenvalue weighted by Crippen LogP contribution is -2.43. The highest BCUT2D eigenvalue weighted by molar-refractivity contribution is 7.98. The third-order valence-corrected chi connectivity index (χ3v) is 7.08. The zero-order chi connectivity index (χ0) is 19.8. The maximum atomic E-state index is 13.9. The molecular weight excluding hydrogens is 395 g/mol. The predicted molar refractivity (Wildman–Crippen MR) is 113 cm³/mol. The molecule has 28 heavy (non-hydrogen) atoms. The Labute approximate surface area is 171 Å². The molecule has 3 nitrogen and oxygen atoms in total. The maximum absolute atomic E-state index is 13.9. The maximum Gasteiger partial charge on any atom is 0.313 e. The number of fused-ring (bicyclic) bond motifs is 3. The second-order valence-electron chi connectivity index (χ2n) is 6.98. The fourth-order valence-electron chi connectivity index (χ4n) is 3.85. The zero-order valence-electron chi connectivity index (χ0n) is 15.9. The van der Waals surface area contributed by atoms with E-state index in [2.05, 4.69) is 24.3 Å². The molecule has 0 unspecified atom stereocenters. The summed E-state index contributed by atoms with van der Waals surface area (Å²) >= 11 is 3.18. The van der Waals surface area contributed by atoms with Gasteiger partial charge in [-0.25, -0.2) is 4.39 Å². The Hall–Kier alpha value is -2.05. The van der Waals surface area contributed by atoms with Crippen molar-refractivity contribution in [3.8, 4) is 5.75 Å². The van der Waals surface area contributed by atoms with Crippen LogP contribution in [-0.2, 0) is 9.53 Å². The van der Waals surface area contributed by atoms with Gasteiger partial charge in [-0.3, -0.25) is 4.79 Å². The van der Waals surface area contributed by atoms with Crippen molar-refractivity contribution in [3.05, 3.63) is 64.3 Å². The van der Waals surface area contributed by atoms with Gasteiger partial charge in [0.1, 0.15) is 23.6 Å². The number of carbonyl (C=O) groups excluding carboxylic acids is 1. The number of hydrogen-bond donors (Lipinski definition) is 0. The van der Waals surface area contributed by atoms with Crippen LogP contribution in [0.5, 0.6) is 5.75 Å². The molecule has 0 aliphatic carbocycles. The molecule has 1 aliphatic rings. The van der Waals surface area contributed by atoms with Crippen LogP contribution in [0, 0.1) is 18.7 Å².